The number of halogens is 1. The van der Waals surface area contributed by atoms with Crippen LogP contribution >= 0.6 is 11.6 Å². The molecule has 0 bridgehead atoms. The maximum absolute atomic E-state index is 12.0. The first-order valence-electron chi connectivity index (χ1n) is 7.56. The second kappa shape index (κ2) is 7.27. The zero-order valence-corrected chi connectivity index (χ0v) is 13.9. The molecular formula is C18H16ClN3O2. The van der Waals surface area contributed by atoms with Crippen molar-refractivity contribution in [2.45, 2.75) is 13.3 Å². The van der Waals surface area contributed by atoms with Gasteiger partial charge in [-0.15, -0.1) is 0 Å². The Labute approximate surface area is 144 Å². The third-order valence-corrected chi connectivity index (χ3v) is 3.85. The number of nitrogens with zero attached hydrogens (tertiary/aromatic N) is 2. The van der Waals surface area contributed by atoms with Gasteiger partial charge in [0.25, 0.3) is 5.91 Å². The Kier molecular flexibility index (Phi) is 4.91. The Morgan fingerprint density at radius 1 is 1.17 bits per heavy atom. The Bertz CT molecular complexity index is 843. The molecule has 1 aromatic heterocycles. The molecule has 1 amide bonds. The minimum Gasteiger partial charge on any atom is -0.352 e. The Morgan fingerprint density at radius 3 is 2.67 bits per heavy atom. The van der Waals surface area contributed by atoms with Crippen LogP contribution in [0.5, 0.6) is 0 Å². The monoisotopic (exact) mass is 341 g/mol. The molecule has 0 atom stereocenters. The van der Waals surface area contributed by atoms with Gasteiger partial charge in [0.15, 0.2) is 0 Å². The van der Waals surface area contributed by atoms with Crippen LogP contribution in [0.2, 0.25) is 5.02 Å². The summed E-state index contributed by atoms with van der Waals surface area (Å²) >= 11 is 6.11. The molecule has 0 unspecified atom stereocenters. The summed E-state index contributed by atoms with van der Waals surface area (Å²) in [5.74, 6) is 0.774. The van der Waals surface area contributed by atoms with Crippen molar-refractivity contribution in [2.24, 2.45) is 0 Å². The lowest BCUT2D eigenvalue weighted by Gasteiger charge is -2.03. The van der Waals surface area contributed by atoms with Crippen molar-refractivity contribution in [3.63, 3.8) is 0 Å². The SMILES string of the molecule is Cc1ccc(C(=O)NCCc2nc(-c3ccccc3Cl)no2)cc1. The van der Waals surface area contributed by atoms with Crippen molar-refractivity contribution in [3.05, 3.63) is 70.6 Å². The van der Waals surface area contributed by atoms with Gasteiger partial charge in [-0.05, 0) is 31.2 Å². The number of aryl methyl sites for hydroxylation is 1. The van der Waals surface area contributed by atoms with Crippen molar-refractivity contribution in [1.29, 1.82) is 0 Å². The number of nitrogens with one attached hydrogen (secondary N) is 1. The predicted octanol–water partition coefficient (Wildman–Crippen LogP) is 3.67. The predicted molar refractivity (Wildman–Crippen MR) is 92.0 cm³/mol. The number of rotatable bonds is 5. The molecule has 24 heavy (non-hydrogen) atoms. The molecule has 1 heterocycles. The Morgan fingerprint density at radius 2 is 1.92 bits per heavy atom. The van der Waals surface area contributed by atoms with E-state index in [4.69, 9.17) is 16.1 Å². The van der Waals surface area contributed by atoms with Crippen LogP contribution < -0.4 is 5.32 Å². The van der Waals surface area contributed by atoms with Crippen LogP contribution in [0.15, 0.2) is 53.1 Å². The largest absolute Gasteiger partial charge is 0.352 e. The zero-order chi connectivity index (χ0) is 16.9. The van der Waals surface area contributed by atoms with E-state index in [0.717, 1.165) is 11.1 Å². The van der Waals surface area contributed by atoms with Crippen LogP contribution in [-0.2, 0) is 6.42 Å². The zero-order valence-electron chi connectivity index (χ0n) is 13.1. The fourth-order valence-corrected chi connectivity index (χ4v) is 2.42. The highest BCUT2D eigenvalue weighted by Crippen LogP contribution is 2.24. The van der Waals surface area contributed by atoms with E-state index in [9.17, 15) is 4.79 Å². The number of carbonyl (C=O) groups excluding carboxylic acids is 1. The van der Waals surface area contributed by atoms with Crippen LogP contribution in [0.25, 0.3) is 11.4 Å². The second-order valence-electron chi connectivity index (χ2n) is 5.36. The van der Waals surface area contributed by atoms with Gasteiger partial charge in [0.05, 0.1) is 5.02 Å². The lowest BCUT2D eigenvalue weighted by Crippen LogP contribution is -2.25. The lowest BCUT2D eigenvalue weighted by molar-refractivity contribution is 0.0953. The molecule has 0 saturated carbocycles. The molecule has 0 saturated heterocycles. The Hall–Kier alpha value is -2.66. The van der Waals surface area contributed by atoms with Gasteiger partial charge in [-0.1, -0.05) is 46.6 Å². The lowest BCUT2D eigenvalue weighted by atomic mass is 10.1. The highest BCUT2D eigenvalue weighted by atomic mass is 35.5. The van der Waals surface area contributed by atoms with E-state index in [-0.39, 0.29) is 5.91 Å². The first kappa shape index (κ1) is 16.2. The normalized spacial score (nSPS) is 10.6. The molecule has 2 aromatic carbocycles. The fourth-order valence-electron chi connectivity index (χ4n) is 2.20. The number of hydrogen-bond donors (Lipinski definition) is 1. The van der Waals surface area contributed by atoms with Gasteiger partial charge in [-0.3, -0.25) is 4.79 Å². The topological polar surface area (TPSA) is 68.0 Å². The van der Waals surface area contributed by atoms with Gasteiger partial charge >= 0.3 is 0 Å². The number of carbonyl (C=O) groups is 1. The molecule has 6 heteroatoms. The Balaban J connectivity index is 1.57. The minimum absolute atomic E-state index is 0.124. The summed E-state index contributed by atoms with van der Waals surface area (Å²) in [7, 11) is 0. The number of amides is 1. The van der Waals surface area contributed by atoms with E-state index in [1.165, 1.54) is 0 Å². The van der Waals surface area contributed by atoms with Crippen LogP contribution in [0.3, 0.4) is 0 Å². The molecule has 3 aromatic rings. The summed E-state index contributed by atoms with van der Waals surface area (Å²) in [6, 6.07) is 14.7. The van der Waals surface area contributed by atoms with Crippen LogP contribution in [-0.4, -0.2) is 22.6 Å². The third-order valence-electron chi connectivity index (χ3n) is 3.52. The summed E-state index contributed by atoms with van der Waals surface area (Å²) < 4.78 is 5.21. The molecule has 0 aliphatic heterocycles. The van der Waals surface area contributed by atoms with E-state index in [1.54, 1.807) is 18.2 Å². The molecule has 0 radical (unpaired) electrons. The van der Waals surface area contributed by atoms with Gasteiger partial charge < -0.3 is 9.84 Å². The van der Waals surface area contributed by atoms with Gasteiger partial charge in [0.2, 0.25) is 11.7 Å². The molecular weight excluding hydrogens is 326 g/mol. The van der Waals surface area contributed by atoms with Crippen molar-refractivity contribution < 1.29 is 9.32 Å². The second-order valence-corrected chi connectivity index (χ2v) is 5.77. The molecule has 0 spiro atoms. The minimum atomic E-state index is -0.124. The fraction of sp³-hybridized carbons (Fsp3) is 0.167. The van der Waals surface area contributed by atoms with E-state index < -0.39 is 0 Å². The van der Waals surface area contributed by atoms with Crippen LogP contribution in [0, 0.1) is 6.92 Å². The summed E-state index contributed by atoms with van der Waals surface area (Å²) in [5.41, 5.74) is 2.46. The molecule has 0 aliphatic rings. The summed E-state index contributed by atoms with van der Waals surface area (Å²) in [5, 5.41) is 7.33. The van der Waals surface area contributed by atoms with Gasteiger partial charge in [0, 0.05) is 24.1 Å². The van der Waals surface area contributed by atoms with Crippen molar-refractivity contribution in [2.75, 3.05) is 6.54 Å². The molecule has 1 N–H and O–H groups in total. The van der Waals surface area contributed by atoms with E-state index in [2.05, 4.69) is 15.5 Å². The summed E-state index contributed by atoms with van der Waals surface area (Å²) in [4.78, 5) is 16.3. The molecule has 5 nitrogen and oxygen atoms in total. The maximum Gasteiger partial charge on any atom is 0.251 e. The number of aromatic nitrogens is 2. The first-order valence-corrected chi connectivity index (χ1v) is 7.93. The number of benzene rings is 2. The quantitative estimate of drug-likeness (QED) is 0.768. The first-order chi connectivity index (χ1) is 11.6. The summed E-state index contributed by atoms with van der Waals surface area (Å²) in [6.45, 7) is 2.39. The average molecular weight is 342 g/mol. The molecule has 0 fully saturated rings. The molecule has 3 rings (SSSR count). The van der Waals surface area contributed by atoms with Gasteiger partial charge in [0.1, 0.15) is 0 Å². The van der Waals surface area contributed by atoms with E-state index in [0.29, 0.717) is 35.3 Å². The summed E-state index contributed by atoms with van der Waals surface area (Å²) in [6.07, 6.45) is 0.453. The third kappa shape index (κ3) is 3.81. The van der Waals surface area contributed by atoms with Crippen molar-refractivity contribution >= 4 is 17.5 Å². The van der Waals surface area contributed by atoms with Crippen molar-refractivity contribution in [1.82, 2.24) is 15.5 Å². The van der Waals surface area contributed by atoms with Gasteiger partial charge in [-0.2, -0.15) is 4.98 Å². The van der Waals surface area contributed by atoms with E-state index in [1.807, 2.05) is 37.3 Å². The van der Waals surface area contributed by atoms with Crippen LogP contribution in [0.4, 0.5) is 0 Å². The smallest absolute Gasteiger partial charge is 0.251 e. The highest BCUT2D eigenvalue weighted by molar-refractivity contribution is 6.33. The standard InChI is InChI=1S/C18H16ClN3O2/c1-12-6-8-13(9-7-12)18(23)20-11-10-16-21-17(22-24-16)14-4-2-3-5-15(14)19/h2-9H,10-11H2,1H3,(H,20,23). The highest BCUT2D eigenvalue weighted by Gasteiger charge is 2.12. The molecule has 0 aliphatic carbocycles. The van der Waals surface area contributed by atoms with Gasteiger partial charge in [-0.25, -0.2) is 0 Å². The average Bonchev–Trinajstić information content (AvgIpc) is 3.04. The molecule has 122 valence electrons. The van der Waals surface area contributed by atoms with E-state index >= 15 is 0 Å². The van der Waals surface area contributed by atoms with Crippen molar-refractivity contribution in [3.8, 4) is 11.4 Å². The van der Waals surface area contributed by atoms with Crippen LogP contribution in [0.1, 0.15) is 21.8 Å². The number of hydrogen-bond acceptors (Lipinski definition) is 4. The maximum atomic E-state index is 12.0.